The van der Waals surface area contributed by atoms with Crippen molar-refractivity contribution in [2.75, 3.05) is 26.2 Å². The molecule has 3 heterocycles. The Morgan fingerprint density at radius 3 is 2.34 bits per heavy atom. The summed E-state index contributed by atoms with van der Waals surface area (Å²) in [5.41, 5.74) is 2.97. The highest BCUT2D eigenvalue weighted by Gasteiger charge is 2.36. The highest BCUT2D eigenvalue weighted by Crippen LogP contribution is 2.34. The number of rotatable bonds is 4. The van der Waals surface area contributed by atoms with Gasteiger partial charge in [0.05, 0.1) is 23.1 Å². The van der Waals surface area contributed by atoms with E-state index in [4.69, 9.17) is 16.3 Å². The van der Waals surface area contributed by atoms with Crippen molar-refractivity contribution in [3.05, 3.63) is 82.6 Å². The van der Waals surface area contributed by atoms with Gasteiger partial charge in [0.15, 0.2) is 0 Å². The van der Waals surface area contributed by atoms with Crippen LogP contribution >= 0.6 is 11.6 Å². The molecule has 0 unspecified atom stereocenters. The molecule has 8 heteroatoms. The largest absolute Gasteiger partial charge is 0.444 e. The van der Waals surface area contributed by atoms with E-state index in [2.05, 4.69) is 17.2 Å². The fourth-order valence-electron chi connectivity index (χ4n) is 5.51. The first-order chi connectivity index (χ1) is 18.2. The second-order valence-corrected chi connectivity index (χ2v) is 11.7. The van der Waals surface area contributed by atoms with Crippen LogP contribution in [0.2, 0.25) is 5.02 Å². The first-order valence-electron chi connectivity index (χ1n) is 13.4. The van der Waals surface area contributed by atoms with Crippen molar-refractivity contribution in [2.45, 2.75) is 57.5 Å². The molecule has 2 fully saturated rings. The Morgan fingerprint density at radius 1 is 0.921 bits per heavy atom. The number of aromatic nitrogens is 2. The zero-order valence-corrected chi connectivity index (χ0v) is 23.0. The second-order valence-electron chi connectivity index (χ2n) is 11.2. The number of halogens is 1. The SMILES string of the molecule is CC(C)(C)OC(=O)N1CCC[C@@H](c2c(C(=O)N3CC[C@H](c4ccccc4)C3)cnn2-c2ccc(Cl)cc2)C1. The van der Waals surface area contributed by atoms with Crippen molar-refractivity contribution < 1.29 is 14.3 Å². The molecule has 2 aliphatic rings. The number of amides is 2. The smallest absolute Gasteiger partial charge is 0.410 e. The molecule has 38 heavy (non-hydrogen) atoms. The Balaban J connectivity index is 1.45. The summed E-state index contributed by atoms with van der Waals surface area (Å²) in [5.74, 6) is 0.265. The average Bonchev–Trinajstić information content (AvgIpc) is 3.57. The molecule has 200 valence electrons. The lowest BCUT2D eigenvalue weighted by Crippen LogP contribution is -2.43. The summed E-state index contributed by atoms with van der Waals surface area (Å²) in [6.07, 6.45) is 3.98. The van der Waals surface area contributed by atoms with Crippen molar-refractivity contribution in [2.24, 2.45) is 0 Å². The van der Waals surface area contributed by atoms with Gasteiger partial charge in [0.25, 0.3) is 5.91 Å². The van der Waals surface area contributed by atoms with Crippen LogP contribution in [0.15, 0.2) is 60.8 Å². The van der Waals surface area contributed by atoms with Crippen LogP contribution < -0.4 is 0 Å². The monoisotopic (exact) mass is 534 g/mol. The Labute approximate surface area is 229 Å². The molecule has 2 amide bonds. The van der Waals surface area contributed by atoms with Crippen LogP contribution in [0, 0.1) is 0 Å². The Hall–Kier alpha value is -3.32. The minimum atomic E-state index is -0.568. The topological polar surface area (TPSA) is 67.7 Å². The predicted molar refractivity (Wildman–Crippen MR) is 148 cm³/mol. The van der Waals surface area contributed by atoms with E-state index in [9.17, 15) is 9.59 Å². The van der Waals surface area contributed by atoms with Gasteiger partial charge in [-0.2, -0.15) is 5.10 Å². The number of nitrogens with zero attached hydrogens (tertiary/aromatic N) is 4. The van der Waals surface area contributed by atoms with Crippen LogP contribution in [-0.2, 0) is 4.74 Å². The average molecular weight is 535 g/mol. The van der Waals surface area contributed by atoms with Crippen LogP contribution in [-0.4, -0.2) is 63.4 Å². The summed E-state index contributed by atoms with van der Waals surface area (Å²) in [6, 6.07) is 17.8. The zero-order valence-electron chi connectivity index (χ0n) is 22.3. The van der Waals surface area contributed by atoms with Gasteiger partial charge in [0.2, 0.25) is 0 Å². The molecule has 2 atom stereocenters. The summed E-state index contributed by atoms with van der Waals surface area (Å²) >= 11 is 6.15. The lowest BCUT2D eigenvalue weighted by Gasteiger charge is -2.34. The number of hydrogen-bond acceptors (Lipinski definition) is 4. The maximum absolute atomic E-state index is 13.9. The van der Waals surface area contributed by atoms with Crippen LogP contribution in [0.5, 0.6) is 0 Å². The van der Waals surface area contributed by atoms with Gasteiger partial charge in [-0.3, -0.25) is 4.79 Å². The lowest BCUT2D eigenvalue weighted by molar-refractivity contribution is 0.0196. The number of piperidine rings is 1. The standard InChI is InChI=1S/C30H35ClN4O3/c1-30(2,3)38-29(37)34-16-7-10-23(20-34)27-26(18-32-35(27)25-13-11-24(31)12-14-25)28(36)33-17-15-22(19-33)21-8-5-4-6-9-21/h4-6,8-9,11-14,18,22-23H,7,10,15-17,19-20H2,1-3H3/t22-,23+/m0/s1. The minimum absolute atomic E-state index is 0.00645. The van der Waals surface area contributed by atoms with E-state index in [0.29, 0.717) is 42.7 Å². The van der Waals surface area contributed by atoms with E-state index < -0.39 is 5.60 Å². The van der Waals surface area contributed by atoms with E-state index >= 15 is 0 Å². The Kier molecular flexibility index (Phi) is 7.48. The van der Waals surface area contributed by atoms with E-state index in [-0.39, 0.29) is 17.9 Å². The van der Waals surface area contributed by atoms with Gasteiger partial charge < -0.3 is 14.5 Å². The van der Waals surface area contributed by atoms with Crippen LogP contribution in [0.25, 0.3) is 5.69 Å². The number of hydrogen-bond donors (Lipinski definition) is 0. The van der Waals surface area contributed by atoms with E-state index in [1.54, 1.807) is 11.1 Å². The number of likely N-dealkylation sites (tertiary alicyclic amines) is 2. The predicted octanol–water partition coefficient (Wildman–Crippen LogP) is 6.27. The summed E-state index contributed by atoms with van der Waals surface area (Å²) in [6.45, 7) is 8.12. The molecule has 0 N–H and O–H groups in total. The van der Waals surface area contributed by atoms with Gasteiger partial charge >= 0.3 is 6.09 Å². The molecule has 0 bridgehead atoms. The maximum Gasteiger partial charge on any atom is 0.410 e. The molecule has 0 saturated carbocycles. The summed E-state index contributed by atoms with van der Waals surface area (Å²) < 4.78 is 7.50. The fourth-order valence-corrected chi connectivity index (χ4v) is 5.63. The molecule has 7 nitrogen and oxygen atoms in total. The second kappa shape index (κ2) is 10.8. The number of ether oxygens (including phenoxy) is 1. The van der Waals surface area contributed by atoms with E-state index in [0.717, 1.165) is 30.6 Å². The molecule has 0 spiro atoms. The lowest BCUT2D eigenvalue weighted by atomic mass is 9.92. The van der Waals surface area contributed by atoms with Crippen LogP contribution in [0.1, 0.15) is 73.5 Å². The van der Waals surface area contributed by atoms with Crippen molar-refractivity contribution in [1.29, 1.82) is 0 Å². The molecule has 2 saturated heterocycles. The van der Waals surface area contributed by atoms with Gasteiger partial charge in [-0.15, -0.1) is 0 Å². The molecule has 2 aromatic carbocycles. The van der Waals surface area contributed by atoms with E-state index in [1.165, 1.54) is 5.56 Å². The third kappa shape index (κ3) is 5.73. The van der Waals surface area contributed by atoms with Crippen molar-refractivity contribution in [3.63, 3.8) is 0 Å². The normalized spacial score (nSPS) is 20.0. The Morgan fingerprint density at radius 2 is 1.63 bits per heavy atom. The molecular weight excluding hydrogens is 500 g/mol. The molecule has 0 aliphatic carbocycles. The van der Waals surface area contributed by atoms with Crippen molar-refractivity contribution >= 4 is 23.6 Å². The highest BCUT2D eigenvalue weighted by atomic mass is 35.5. The van der Waals surface area contributed by atoms with Crippen molar-refractivity contribution in [3.8, 4) is 5.69 Å². The summed E-state index contributed by atoms with van der Waals surface area (Å²) in [5, 5.41) is 5.32. The fraction of sp³-hybridized carbons (Fsp3) is 0.433. The molecule has 3 aromatic rings. The zero-order chi connectivity index (χ0) is 26.9. The molecule has 5 rings (SSSR count). The number of carbonyl (C=O) groups excluding carboxylic acids is 2. The molecule has 1 aromatic heterocycles. The maximum atomic E-state index is 13.9. The van der Waals surface area contributed by atoms with Crippen LogP contribution in [0.4, 0.5) is 4.79 Å². The van der Waals surface area contributed by atoms with Gasteiger partial charge in [0, 0.05) is 43.0 Å². The van der Waals surface area contributed by atoms with Gasteiger partial charge in [-0.1, -0.05) is 41.9 Å². The van der Waals surface area contributed by atoms with Gasteiger partial charge in [0.1, 0.15) is 5.60 Å². The first-order valence-corrected chi connectivity index (χ1v) is 13.7. The first kappa shape index (κ1) is 26.3. The summed E-state index contributed by atoms with van der Waals surface area (Å²) in [4.78, 5) is 30.5. The summed E-state index contributed by atoms with van der Waals surface area (Å²) in [7, 11) is 0. The molecular formula is C30H35ClN4O3. The van der Waals surface area contributed by atoms with Crippen molar-refractivity contribution in [1.82, 2.24) is 19.6 Å². The third-order valence-corrected chi connectivity index (χ3v) is 7.57. The third-order valence-electron chi connectivity index (χ3n) is 7.31. The minimum Gasteiger partial charge on any atom is -0.444 e. The molecule has 2 aliphatic heterocycles. The Bertz CT molecular complexity index is 1280. The number of carbonyl (C=O) groups is 2. The quantitative estimate of drug-likeness (QED) is 0.395. The van der Waals surface area contributed by atoms with Gasteiger partial charge in [-0.05, 0) is 69.9 Å². The molecule has 0 radical (unpaired) electrons. The number of benzene rings is 2. The van der Waals surface area contributed by atoms with E-state index in [1.807, 2.05) is 72.8 Å². The van der Waals surface area contributed by atoms with Crippen LogP contribution in [0.3, 0.4) is 0 Å². The highest BCUT2D eigenvalue weighted by molar-refractivity contribution is 6.30. The van der Waals surface area contributed by atoms with Gasteiger partial charge in [-0.25, -0.2) is 9.48 Å².